The van der Waals surface area contributed by atoms with Crippen LogP contribution in [0.5, 0.6) is 11.5 Å². The summed E-state index contributed by atoms with van der Waals surface area (Å²) in [6, 6.07) is 7.63. The number of benzene rings is 2. The topological polar surface area (TPSA) is 26.3 Å². The molecule has 0 amide bonds. The number of carbonyl (C=O) groups excluding carboxylic acids is 1. The lowest BCUT2D eigenvalue weighted by Gasteiger charge is -2.08. The molecule has 0 N–H and O–H groups in total. The van der Waals surface area contributed by atoms with Crippen LogP contribution in [0.1, 0.15) is 10.4 Å². The Labute approximate surface area is 110 Å². The summed E-state index contributed by atoms with van der Waals surface area (Å²) in [4.78, 5) is 10.5. The summed E-state index contributed by atoms with van der Waals surface area (Å²) in [5.41, 5.74) is 0.207. The number of rotatable bonds is 3. The number of hydrogen-bond acceptors (Lipinski definition) is 2. The van der Waals surface area contributed by atoms with E-state index in [0.717, 1.165) is 12.1 Å². The van der Waals surface area contributed by atoms with Crippen LogP contribution in [-0.2, 0) is 0 Å². The number of ether oxygens (including phenoxy) is 1. The zero-order valence-corrected chi connectivity index (χ0v) is 10.6. The maximum atomic E-state index is 13.6. The number of aldehydes is 1. The molecule has 92 valence electrons. The van der Waals surface area contributed by atoms with Crippen LogP contribution in [0.3, 0.4) is 0 Å². The van der Waals surface area contributed by atoms with Crippen LogP contribution < -0.4 is 4.74 Å². The summed E-state index contributed by atoms with van der Waals surface area (Å²) < 4.78 is 32.3. The fraction of sp³-hybridized carbons (Fsp3) is 0. The molecule has 0 radical (unpaired) electrons. The van der Waals surface area contributed by atoms with Crippen molar-refractivity contribution in [2.24, 2.45) is 0 Å². The van der Waals surface area contributed by atoms with E-state index < -0.39 is 11.6 Å². The van der Waals surface area contributed by atoms with Crippen molar-refractivity contribution < 1.29 is 18.3 Å². The van der Waals surface area contributed by atoms with Gasteiger partial charge >= 0.3 is 0 Å². The van der Waals surface area contributed by atoms with Crippen LogP contribution >= 0.6 is 15.9 Å². The van der Waals surface area contributed by atoms with Crippen molar-refractivity contribution in [3.63, 3.8) is 0 Å². The molecule has 0 heterocycles. The molecular formula is C13H7BrF2O2. The van der Waals surface area contributed by atoms with Crippen LogP contribution in [0.4, 0.5) is 8.78 Å². The molecule has 0 aliphatic heterocycles. The van der Waals surface area contributed by atoms with E-state index in [-0.39, 0.29) is 17.1 Å². The van der Waals surface area contributed by atoms with Crippen molar-refractivity contribution in [3.8, 4) is 11.5 Å². The Morgan fingerprint density at radius 3 is 2.50 bits per heavy atom. The molecule has 18 heavy (non-hydrogen) atoms. The molecule has 0 spiro atoms. The lowest BCUT2D eigenvalue weighted by atomic mass is 10.2. The maximum absolute atomic E-state index is 13.6. The molecule has 2 aromatic carbocycles. The van der Waals surface area contributed by atoms with Crippen molar-refractivity contribution in [2.45, 2.75) is 0 Å². The summed E-state index contributed by atoms with van der Waals surface area (Å²) in [5.74, 6) is -1.09. The molecule has 0 aliphatic rings. The fourth-order valence-electron chi connectivity index (χ4n) is 1.35. The molecule has 0 bridgehead atoms. The van der Waals surface area contributed by atoms with Crippen molar-refractivity contribution in [2.75, 3.05) is 0 Å². The minimum Gasteiger partial charge on any atom is -0.453 e. The van der Waals surface area contributed by atoms with Crippen molar-refractivity contribution in [3.05, 3.63) is 58.1 Å². The lowest BCUT2D eigenvalue weighted by Crippen LogP contribution is -1.92. The summed E-state index contributed by atoms with van der Waals surface area (Å²) in [6.45, 7) is 0. The first-order valence-electron chi connectivity index (χ1n) is 4.98. The van der Waals surface area contributed by atoms with Gasteiger partial charge in [-0.25, -0.2) is 8.78 Å². The number of hydrogen-bond donors (Lipinski definition) is 0. The minimum atomic E-state index is -0.684. The normalized spacial score (nSPS) is 10.2. The third-order valence-electron chi connectivity index (χ3n) is 2.21. The van der Waals surface area contributed by atoms with Gasteiger partial charge in [-0.1, -0.05) is 0 Å². The quantitative estimate of drug-likeness (QED) is 0.788. The fourth-order valence-corrected chi connectivity index (χ4v) is 1.67. The highest BCUT2D eigenvalue weighted by Crippen LogP contribution is 2.31. The molecule has 0 saturated heterocycles. The van der Waals surface area contributed by atoms with Crippen LogP contribution in [-0.4, -0.2) is 6.29 Å². The molecule has 0 aliphatic carbocycles. The van der Waals surface area contributed by atoms with E-state index in [1.807, 2.05) is 0 Å². The Kier molecular flexibility index (Phi) is 3.72. The van der Waals surface area contributed by atoms with Crippen LogP contribution in [0.2, 0.25) is 0 Å². The molecule has 0 unspecified atom stereocenters. The van der Waals surface area contributed by atoms with E-state index in [2.05, 4.69) is 15.9 Å². The summed E-state index contributed by atoms with van der Waals surface area (Å²) in [5, 5.41) is 0. The first-order chi connectivity index (χ1) is 8.60. The van der Waals surface area contributed by atoms with Gasteiger partial charge in [0.05, 0.1) is 4.47 Å². The van der Waals surface area contributed by atoms with Gasteiger partial charge in [-0.15, -0.1) is 0 Å². The van der Waals surface area contributed by atoms with E-state index in [0.29, 0.717) is 10.8 Å². The molecule has 0 fully saturated rings. The van der Waals surface area contributed by atoms with Crippen molar-refractivity contribution in [1.82, 2.24) is 0 Å². The van der Waals surface area contributed by atoms with E-state index in [1.165, 1.54) is 24.3 Å². The molecular weight excluding hydrogens is 306 g/mol. The van der Waals surface area contributed by atoms with E-state index in [9.17, 15) is 13.6 Å². The van der Waals surface area contributed by atoms with E-state index in [4.69, 9.17) is 4.74 Å². The molecule has 2 nitrogen and oxygen atoms in total. The maximum Gasteiger partial charge on any atom is 0.166 e. The van der Waals surface area contributed by atoms with Gasteiger partial charge < -0.3 is 4.74 Å². The first kappa shape index (κ1) is 12.7. The Morgan fingerprint density at radius 2 is 1.83 bits per heavy atom. The van der Waals surface area contributed by atoms with Gasteiger partial charge in [-0.2, -0.15) is 0 Å². The Balaban J connectivity index is 2.34. The van der Waals surface area contributed by atoms with E-state index in [1.54, 1.807) is 0 Å². The number of halogens is 3. The molecule has 0 saturated carbocycles. The van der Waals surface area contributed by atoms with Crippen LogP contribution in [0.15, 0.2) is 40.9 Å². The second-order valence-electron chi connectivity index (χ2n) is 3.48. The lowest BCUT2D eigenvalue weighted by molar-refractivity contribution is 0.112. The van der Waals surface area contributed by atoms with Gasteiger partial charge in [-0.05, 0) is 46.3 Å². The highest BCUT2D eigenvalue weighted by atomic mass is 79.9. The highest BCUT2D eigenvalue weighted by molar-refractivity contribution is 9.10. The Hall–Kier alpha value is -1.75. The SMILES string of the molecule is O=Cc1ccc(Oc2cc(F)ccc2Br)c(F)c1. The molecule has 5 heteroatoms. The summed E-state index contributed by atoms with van der Waals surface area (Å²) in [7, 11) is 0. The van der Waals surface area contributed by atoms with Gasteiger partial charge in [0.15, 0.2) is 11.6 Å². The largest absolute Gasteiger partial charge is 0.453 e. The third-order valence-corrected chi connectivity index (χ3v) is 2.86. The van der Waals surface area contributed by atoms with Crippen molar-refractivity contribution in [1.29, 1.82) is 0 Å². The molecule has 0 atom stereocenters. The molecule has 2 rings (SSSR count). The Bertz CT molecular complexity index is 600. The highest BCUT2D eigenvalue weighted by Gasteiger charge is 2.09. The minimum absolute atomic E-state index is 0.0769. The zero-order chi connectivity index (χ0) is 13.1. The zero-order valence-electron chi connectivity index (χ0n) is 8.99. The smallest absolute Gasteiger partial charge is 0.166 e. The summed E-state index contributed by atoms with van der Waals surface area (Å²) in [6.07, 6.45) is 0.533. The third kappa shape index (κ3) is 2.73. The van der Waals surface area contributed by atoms with E-state index >= 15 is 0 Å². The Morgan fingerprint density at radius 1 is 1.06 bits per heavy atom. The van der Waals surface area contributed by atoms with Gasteiger partial charge in [0.1, 0.15) is 17.9 Å². The summed E-state index contributed by atoms with van der Waals surface area (Å²) >= 11 is 3.17. The average Bonchev–Trinajstić information content (AvgIpc) is 2.36. The monoisotopic (exact) mass is 312 g/mol. The average molecular weight is 313 g/mol. The predicted molar refractivity (Wildman–Crippen MR) is 66.0 cm³/mol. The second-order valence-corrected chi connectivity index (χ2v) is 4.34. The van der Waals surface area contributed by atoms with Crippen LogP contribution in [0.25, 0.3) is 0 Å². The standard InChI is InChI=1S/C13H7BrF2O2/c14-10-3-2-9(15)6-13(10)18-12-4-1-8(7-17)5-11(12)16/h1-7H. The molecule has 2 aromatic rings. The first-order valence-corrected chi connectivity index (χ1v) is 5.77. The van der Waals surface area contributed by atoms with Crippen molar-refractivity contribution >= 4 is 22.2 Å². The number of carbonyl (C=O) groups is 1. The van der Waals surface area contributed by atoms with Crippen LogP contribution in [0, 0.1) is 11.6 Å². The predicted octanol–water partition coefficient (Wildman–Crippen LogP) is 4.33. The van der Waals surface area contributed by atoms with Gasteiger partial charge in [0, 0.05) is 11.6 Å². The van der Waals surface area contributed by atoms with Gasteiger partial charge in [-0.3, -0.25) is 4.79 Å². The second kappa shape index (κ2) is 5.27. The molecule has 0 aromatic heterocycles. The van der Waals surface area contributed by atoms with Gasteiger partial charge in [0.25, 0.3) is 0 Å². The van der Waals surface area contributed by atoms with Gasteiger partial charge in [0.2, 0.25) is 0 Å².